The van der Waals surface area contributed by atoms with Crippen molar-refractivity contribution in [3.8, 4) is 0 Å². The Kier molecular flexibility index (Phi) is 32.1. The first-order valence-corrected chi connectivity index (χ1v) is 12.0. The molecule has 2 heteroatoms. The Morgan fingerprint density at radius 1 is 0.308 bits per heavy atom. The van der Waals surface area contributed by atoms with Crippen LogP contribution in [0.5, 0.6) is 0 Å². The van der Waals surface area contributed by atoms with Gasteiger partial charge in [-0.05, 0) is 12.8 Å². The average molecular weight is 373 g/mol. The van der Waals surface area contributed by atoms with Gasteiger partial charge in [-0.3, -0.25) is 0 Å². The highest BCUT2D eigenvalue weighted by molar-refractivity contribution is 4.47. The fourth-order valence-electron chi connectivity index (χ4n) is 3.20. The summed E-state index contributed by atoms with van der Waals surface area (Å²) in [5.41, 5.74) is 0. The van der Waals surface area contributed by atoms with Crippen molar-refractivity contribution < 1.29 is 10.2 Å². The quantitative estimate of drug-likeness (QED) is 0.214. The fourth-order valence-corrected chi connectivity index (χ4v) is 3.20. The molecule has 0 aliphatic heterocycles. The Labute approximate surface area is 166 Å². The highest BCUT2D eigenvalue weighted by atomic mass is 16.3. The van der Waals surface area contributed by atoms with Gasteiger partial charge in [-0.15, -0.1) is 0 Å². The van der Waals surface area contributed by atoms with Crippen LogP contribution in [-0.4, -0.2) is 23.4 Å². The maximum Gasteiger partial charge on any atom is 0.0431 e. The largest absolute Gasteiger partial charge is 0.396 e. The molecule has 26 heavy (non-hydrogen) atoms. The van der Waals surface area contributed by atoms with Gasteiger partial charge in [0.05, 0.1) is 0 Å². The van der Waals surface area contributed by atoms with E-state index in [0.717, 1.165) is 12.8 Å². The van der Waals surface area contributed by atoms with Crippen molar-refractivity contribution in [1.82, 2.24) is 0 Å². The second-order valence-corrected chi connectivity index (χ2v) is 7.81. The predicted octanol–water partition coefficient (Wildman–Crippen LogP) is 7.80. The van der Waals surface area contributed by atoms with Gasteiger partial charge in [0.25, 0.3) is 0 Å². The third-order valence-corrected chi connectivity index (χ3v) is 5.02. The summed E-state index contributed by atoms with van der Waals surface area (Å²) in [5.74, 6) is 0. The lowest BCUT2D eigenvalue weighted by molar-refractivity contribution is 0.282. The average Bonchev–Trinajstić information content (AvgIpc) is 2.66. The van der Waals surface area contributed by atoms with Crippen molar-refractivity contribution in [2.45, 2.75) is 142 Å². The third-order valence-electron chi connectivity index (χ3n) is 5.02. The molecule has 0 rings (SSSR count). The van der Waals surface area contributed by atoms with E-state index in [0.29, 0.717) is 13.2 Å². The Morgan fingerprint density at radius 2 is 0.500 bits per heavy atom. The fraction of sp³-hybridized carbons (Fsp3) is 1.00. The number of aliphatic hydroxyl groups is 2. The molecule has 0 fully saturated rings. The van der Waals surface area contributed by atoms with Gasteiger partial charge in [-0.2, -0.15) is 0 Å². The summed E-state index contributed by atoms with van der Waals surface area (Å²) < 4.78 is 0. The van der Waals surface area contributed by atoms with Crippen LogP contribution in [-0.2, 0) is 0 Å². The summed E-state index contributed by atoms with van der Waals surface area (Å²) in [6, 6.07) is 0. The molecule has 0 amide bonds. The highest BCUT2D eigenvalue weighted by Gasteiger charge is 1.92. The van der Waals surface area contributed by atoms with Gasteiger partial charge in [0.2, 0.25) is 0 Å². The van der Waals surface area contributed by atoms with E-state index in [1.165, 1.54) is 116 Å². The molecule has 0 aromatic heterocycles. The van der Waals surface area contributed by atoms with Gasteiger partial charge in [0.15, 0.2) is 0 Å². The van der Waals surface area contributed by atoms with E-state index in [2.05, 4.69) is 13.8 Å². The van der Waals surface area contributed by atoms with Crippen LogP contribution in [0.25, 0.3) is 0 Å². The van der Waals surface area contributed by atoms with Gasteiger partial charge in [-0.1, -0.05) is 129 Å². The third kappa shape index (κ3) is 31.7. The molecule has 0 bridgehead atoms. The van der Waals surface area contributed by atoms with E-state index < -0.39 is 0 Å². The molecule has 0 saturated carbocycles. The molecule has 0 aliphatic rings. The second-order valence-electron chi connectivity index (χ2n) is 7.81. The normalized spacial score (nSPS) is 10.6. The number of rotatable bonds is 20. The predicted molar refractivity (Wildman–Crippen MR) is 118 cm³/mol. The van der Waals surface area contributed by atoms with Crippen LogP contribution >= 0.6 is 0 Å². The molecule has 160 valence electrons. The van der Waals surface area contributed by atoms with Gasteiger partial charge in [0, 0.05) is 13.2 Å². The number of hydrogen-bond donors (Lipinski definition) is 2. The highest BCUT2D eigenvalue weighted by Crippen LogP contribution is 2.11. The topological polar surface area (TPSA) is 40.5 Å². The monoisotopic (exact) mass is 372 g/mol. The molecule has 2 nitrogen and oxygen atoms in total. The van der Waals surface area contributed by atoms with E-state index in [9.17, 15) is 0 Å². The standard InChI is InChI=1S/2C12H26O/c2*1-2-3-4-5-6-7-8-9-10-11-12-13/h2*13H,2-12H2,1H3. The van der Waals surface area contributed by atoms with Crippen LogP contribution in [0.4, 0.5) is 0 Å². The molecule has 2 N–H and O–H groups in total. The van der Waals surface area contributed by atoms with Crippen molar-refractivity contribution in [2.24, 2.45) is 0 Å². The molecule has 0 atom stereocenters. The van der Waals surface area contributed by atoms with Crippen molar-refractivity contribution in [3.63, 3.8) is 0 Å². The van der Waals surface area contributed by atoms with Crippen LogP contribution < -0.4 is 0 Å². The molecule has 0 aromatic rings. The minimum atomic E-state index is 0.372. The van der Waals surface area contributed by atoms with E-state index in [1.807, 2.05) is 0 Å². The lowest BCUT2D eigenvalue weighted by Gasteiger charge is -2.00. The lowest BCUT2D eigenvalue weighted by atomic mass is 10.1. The zero-order valence-electron chi connectivity index (χ0n) is 18.5. The summed E-state index contributed by atoms with van der Waals surface area (Å²) >= 11 is 0. The Balaban J connectivity index is 0. The van der Waals surface area contributed by atoms with E-state index in [1.54, 1.807) is 0 Å². The Hall–Kier alpha value is -0.0800. The molecular formula is C24H52O2. The maximum absolute atomic E-state index is 8.57. The summed E-state index contributed by atoms with van der Waals surface area (Å²) in [6.45, 7) is 5.26. The minimum Gasteiger partial charge on any atom is -0.396 e. The number of aliphatic hydroxyl groups excluding tert-OH is 2. The SMILES string of the molecule is CCCCCCCCCCCCO.CCCCCCCCCCCCO. The summed E-state index contributed by atoms with van der Waals surface area (Å²) in [7, 11) is 0. The van der Waals surface area contributed by atoms with Gasteiger partial charge in [0.1, 0.15) is 0 Å². The molecule has 0 saturated heterocycles. The lowest BCUT2D eigenvalue weighted by Crippen LogP contribution is -1.84. The van der Waals surface area contributed by atoms with Crippen molar-refractivity contribution in [2.75, 3.05) is 13.2 Å². The molecule has 0 aliphatic carbocycles. The summed E-state index contributed by atoms with van der Waals surface area (Å²) in [5, 5.41) is 17.1. The van der Waals surface area contributed by atoms with Gasteiger partial charge >= 0.3 is 0 Å². The molecule has 0 radical (unpaired) electrons. The Bertz CT molecular complexity index is 164. The van der Waals surface area contributed by atoms with Crippen molar-refractivity contribution in [1.29, 1.82) is 0 Å². The first kappa shape index (κ1) is 28.1. The minimum absolute atomic E-state index is 0.372. The van der Waals surface area contributed by atoms with Crippen LogP contribution in [0.3, 0.4) is 0 Å². The van der Waals surface area contributed by atoms with Crippen molar-refractivity contribution >= 4 is 0 Å². The van der Waals surface area contributed by atoms with Crippen LogP contribution in [0.15, 0.2) is 0 Å². The number of hydrogen-bond acceptors (Lipinski definition) is 2. The smallest absolute Gasteiger partial charge is 0.0431 e. The molecule has 0 unspecified atom stereocenters. The van der Waals surface area contributed by atoms with Gasteiger partial charge < -0.3 is 10.2 Å². The van der Waals surface area contributed by atoms with E-state index >= 15 is 0 Å². The van der Waals surface area contributed by atoms with Crippen LogP contribution in [0.1, 0.15) is 142 Å². The zero-order chi connectivity index (χ0) is 19.6. The zero-order valence-corrected chi connectivity index (χ0v) is 18.5. The number of unbranched alkanes of at least 4 members (excludes halogenated alkanes) is 18. The first-order chi connectivity index (χ1) is 12.8. The molecular weight excluding hydrogens is 320 g/mol. The molecule has 0 heterocycles. The second kappa shape index (κ2) is 29.7. The summed E-state index contributed by atoms with van der Waals surface area (Å²) in [6.07, 6.45) is 26.6. The Morgan fingerprint density at radius 3 is 0.692 bits per heavy atom. The van der Waals surface area contributed by atoms with E-state index in [-0.39, 0.29) is 0 Å². The van der Waals surface area contributed by atoms with Gasteiger partial charge in [-0.25, -0.2) is 0 Å². The van der Waals surface area contributed by atoms with Crippen LogP contribution in [0, 0.1) is 0 Å². The molecule has 0 aromatic carbocycles. The maximum atomic E-state index is 8.57. The van der Waals surface area contributed by atoms with E-state index in [4.69, 9.17) is 10.2 Å². The first-order valence-electron chi connectivity index (χ1n) is 12.0. The van der Waals surface area contributed by atoms with Crippen molar-refractivity contribution in [3.05, 3.63) is 0 Å². The molecule has 0 spiro atoms. The van der Waals surface area contributed by atoms with Crippen LogP contribution in [0.2, 0.25) is 0 Å². The summed E-state index contributed by atoms with van der Waals surface area (Å²) in [4.78, 5) is 0.